The summed E-state index contributed by atoms with van der Waals surface area (Å²) in [7, 11) is 0. The number of benzene rings is 6. The number of phenolic OH excluding ortho intramolecular Hbond substituents is 1. The van der Waals surface area contributed by atoms with Gasteiger partial charge in [-0.05, 0) is 87.4 Å². The predicted molar refractivity (Wildman–Crippen MR) is 247 cm³/mol. The quantitative estimate of drug-likeness (QED) is 0.169. The molecule has 1 N–H and O–H groups in total. The van der Waals surface area contributed by atoms with Crippen LogP contribution in [0.4, 0.5) is 0 Å². The molecule has 306 valence electrons. The number of nitrogens with zero attached hydrogens (tertiary/aromatic N) is 3. The van der Waals surface area contributed by atoms with Crippen LogP contribution in [0.2, 0.25) is 0 Å². The van der Waals surface area contributed by atoms with Crippen LogP contribution >= 0.6 is 0 Å². The Morgan fingerprint density at radius 3 is 1.82 bits per heavy atom. The average Bonchev–Trinajstić information content (AvgIpc) is 3.59. The van der Waals surface area contributed by atoms with Gasteiger partial charge in [0.15, 0.2) is 0 Å². The van der Waals surface area contributed by atoms with Crippen LogP contribution in [0.25, 0.3) is 72.7 Å². The summed E-state index contributed by atoms with van der Waals surface area (Å²) in [6.45, 7) is 22.4. The maximum Gasteiger partial charge on any atom is 0.148 e. The van der Waals surface area contributed by atoms with E-state index in [1.165, 1.54) is 22.3 Å². The van der Waals surface area contributed by atoms with Crippen molar-refractivity contribution in [2.75, 3.05) is 0 Å². The van der Waals surface area contributed by atoms with Gasteiger partial charge in [0.25, 0.3) is 0 Å². The van der Waals surface area contributed by atoms with Crippen LogP contribution in [0.5, 0.6) is 5.75 Å². The number of phenols is 1. The number of para-hydroxylation sites is 2. The monoisotopic (exact) mass is 967 g/mol. The first-order chi connectivity index (χ1) is 28.0. The number of hydrogen-bond donors (Lipinski definition) is 1. The molecule has 0 radical (unpaired) electrons. The van der Waals surface area contributed by atoms with Crippen molar-refractivity contribution in [1.82, 2.24) is 14.5 Å². The minimum atomic E-state index is -0.145. The number of aryl methyl sites for hydroxylation is 1. The minimum Gasteiger partial charge on any atom is -0.507 e. The Bertz CT molecular complexity index is 2830. The average molecular weight is 968 g/mol. The molecule has 0 saturated carbocycles. The summed E-state index contributed by atoms with van der Waals surface area (Å²) in [4.78, 5) is 10.4. The van der Waals surface area contributed by atoms with Crippen LogP contribution in [-0.2, 0) is 37.3 Å². The molecule has 60 heavy (non-hydrogen) atoms. The van der Waals surface area contributed by atoms with E-state index >= 15 is 0 Å². The fourth-order valence-electron chi connectivity index (χ4n) is 7.77. The molecule has 8 aromatic rings. The number of aromatic hydroxyl groups is 1. The van der Waals surface area contributed by atoms with Crippen LogP contribution in [0.15, 0.2) is 140 Å². The Balaban J connectivity index is 0.00000544. The summed E-state index contributed by atoms with van der Waals surface area (Å²) in [6, 6.07) is 50.8. The molecule has 0 bridgehead atoms. The van der Waals surface area contributed by atoms with Crippen molar-refractivity contribution in [3.05, 3.63) is 168 Å². The number of rotatable bonds is 6. The van der Waals surface area contributed by atoms with E-state index in [4.69, 9.17) is 9.97 Å². The Kier molecular flexibility index (Phi) is 11.4. The molecule has 0 aliphatic carbocycles. The topological polar surface area (TPSA) is 50.9 Å². The molecule has 0 unspecified atom stereocenters. The summed E-state index contributed by atoms with van der Waals surface area (Å²) >= 11 is 0. The number of imidazole rings is 1. The van der Waals surface area contributed by atoms with Gasteiger partial charge in [0, 0.05) is 38.5 Å². The van der Waals surface area contributed by atoms with E-state index in [0.29, 0.717) is 11.4 Å². The first-order valence-electron chi connectivity index (χ1n) is 20.6. The molecule has 8 rings (SSSR count). The fourth-order valence-corrected chi connectivity index (χ4v) is 7.77. The van der Waals surface area contributed by atoms with Crippen LogP contribution in [0.1, 0.15) is 84.6 Å². The van der Waals surface area contributed by atoms with Gasteiger partial charge in [-0.1, -0.05) is 164 Å². The molecule has 2 heterocycles. The zero-order valence-electron chi connectivity index (χ0n) is 36.4. The van der Waals surface area contributed by atoms with Crippen molar-refractivity contribution in [2.24, 2.45) is 0 Å². The van der Waals surface area contributed by atoms with Crippen LogP contribution in [0.3, 0.4) is 0 Å². The molecule has 0 saturated heterocycles. The first kappa shape index (κ1) is 42.5. The number of fused-ring (bicyclic) bond motifs is 1. The molecule has 0 aliphatic heterocycles. The van der Waals surface area contributed by atoms with Crippen molar-refractivity contribution in [3.8, 4) is 67.5 Å². The van der Waals surface area contributed by atoms with E-state index in [1.54, 1.807) is 6.07 Å². The van der Waals surface area contributed by atoms with Gasteiger partial charge in [-0.15, -0.1) is 29.3 Å². The fraction of sp³-hybridized carbons (Fsp3) is 0.236. The van der Waals surface area contributed by atoms with Gasteiger partial charge in [-0.3, -0.25) is 9.55 Å². The number of pyridine rings is 1. The van der Waals surface area contributed by atoms with Crippen molar-refractivity contribution in [3.63, 3.8) is 0 Å². The van der Waals surface area contributed by atoms with Gasteiger partial charge in [0.1, 0.15) is 11.6 Å². The molecule has 0 amide bonds. The van der Waals surface area contributed by atoms with Gasteiger partial charge in [0.2, 0.25) is 0 Å². The standard InChI is InChI=1S/C55H54N3O.Pt/c1-35-18-20-36(21-19-35)38-28-29-56-47(33-38)40-30-39(31-43(32-40)55(8,9)10)44-15-13-16-49-51(44)57-52(45-14-11-12-17-50(45)59)58(49)48-27-26-42(54(5,6)7)34-46(48)37-22-24-41(25-23-37)53(2,3)4;/h11-29,31-34,59H,1-10H3;/q-1;. The Labute approximate surface area is 370 Å². The summed E-state index contributed by atoms with van der Waals surface area (Å²) in [6.07, 6.45) is 1.89. The maximum atomic E-state index is 11.4. The summed E-state index contributed by atoms with van der Waals surface area (Å²) in [5, 5.41) is 11.4. The van der Waals surface area contributed by atoms with Crippen molar-refractivity contribution in [2.45, 2.75) is 85.5 Å². The third kappa shape index (κ3) is 8.41. The second-order valence-electron chi connectivity index (χ2n) is 19.0. The van der Waals surface area contributed by atoms with Crippen LogP contribution in [0, 0.1) is 13.0 Å². The molecule has 0 aliphatic rings. The van der Waals surface area contributed by atoms with Gasteiger partial charge in [-0.25, -0.2) is 4.98 Å². The SMILES string of the molecule is Cc1ccc(-c2ccnc(-c3[c-]c(-c4cccc5c4nc(-c4ccccc4O)n5-c4ccc(C(C)(C)C)cc4-c4ccc(C(C)(C)C)cc4)cc(C(C)(C)C)c3)c2)cc1.[Pt]. The molecule has 0 fully saturated rings. The van der Waals surface area contributed by atoms with Crippen LogP contribution in [-0.4, -0.2) is 19.6 Å². The predicted octanol–water partition coefficient (Wildman–Crippen LogP) is 14.5. The second kappa shape index (κ2) is 16.1. The number of aromatic nitrogens is 3. The second-order valence-corrected chi connectivity index (χ2v) is 19.0. The van der Waals surface area contributed by atoms with E-state index in [1.807, 2.05) is 24.4 Å². The van der Waals surface area contributed by atoms with E-state index < -0.39 is 0 Å². The van der Waals surface area contributed by atoms with Gasteiger partial charge in [0.05, 0.1) is 22.3 Å². The van der Waals surface area contributed by atoms with Gasteiger partial charge < -0.3 is 5.11 Å². The van der Waals surface area contributed by atoms with E-state index in [-0.39, 0.29) is 43.1 Å². The molecule has 4 nitrogen and oxygen atoms in total. The van der Waals surface area contributed by atoms with Gasteiger partial charge >= 0.3 is 0 Å². The number of hydrogen-bond acceptors (Lipinski definition) is 3. The van der Waals surface area contributed by atoms with Crippen LogP contribution < -0.4 is 0 Å². The molecule has 6 aromatic carbocycles. The molecule has 0 atom stereocenters. The molecule has 5 heteroatoms. The Morgan fingerprint density at radius 1 is 0.533 bits per heavy atom. The summed E-state index contributed by atoms with van der Waals surface area (Å²) in [5.41, 5.74) is 16.4. The van der Waals surface area contributed by atoms with E-state index in [0.717, 1.165) is 61.4 Å². The van der Waals surface area contributed by atoms with Crippen molar-refractivity contribution >= 4 is 11.0 Å². The largest absolute Gasteiger partial charge is 0.507 e. The van der Waals surface area contributed by atoms with Crippen molar-refractivity contribution in [1.29, 1.82) is 0 Å². The molecule has 0 spiro atoms. The molecular formula is C55H54N3OPt-. The zero-order valence-corrected chi connectivity index (χ0v) is 38.7. The van der Waals surface area contributed by atoms with E-state index in [2.05, 4.69) is 189 Å². The maximum absolute atomic E-state index is 11.4. The smallest absolute Gasteiger partial charge is 0.148 e. The Morgan fingerprint density at radius 2 is 1.15 bits per heavy atom. The molecule has 2 aromatic heterocycles. The zero-order chi connectivity index (χ0) is 41.9. The van der Waals surface area contributed by atoms with E-state index in [9.17, 15) is 5.11 Å². The molecular weight excluding hydrogens is 914 g/mol. The Hall–Kier alpha value is -5.57. The summed E-state index contributed by atoms with van der Waals surface area (Å²) in [5.74, 6) is 0.845. The van der Waals surface area contributed by atoms with Crippen molar-refractivity contribution < 1.29 is 26.2 Å². The van der Waals surface area contributed by atoms with Gasteiger partial charge in [-0.2, -0.15) is 0 Å². The third-order valence-electron chi connectivity index (χ3n) is 11.4. The normalized spacial score (nSPS) is 12.1. The first-order valence-corrected chi connectivity index (χ1v) is 20.6. The third-order valence-corrected chi connectivity index (χ3v) is 11.4. The minimum absolute atomic E-state index is 0. The summed E-state index contributed by atoms with van der Waals surface area (Å²) < 4.78 is 2.23.